The topological polar surface area (TPSA) is 55.6 Å². The van der Waals surface area contributed by atoms with Gasteiger partial charge in [0, 0.05) is 17.1 Å². The van der Waals surface area contributed by atoms with Gasteiger partial charge in [-0.1, -0.05) is 12.1 Å². The average molecular weight is 403 g/mol. The number of para-hydroxylation sites is 1. The minimum Gasteiger partial charge on any atom is -0.434 e. The summed E-state index contributed by atoms with van der Waals surface area (Å²) in [5, 5.41) is 4.50. The molecular weight excluding hydrogens is 391 g/mol. The van der Waals surface area contributed by atoms with Crippen LogP contribution in [0.2, 0.25) is 0 Å². The second-order valence-electron chi connectivity index (χ2n) is 5.70. The highest BCUT2D eigenvalue weighted by molar-refractivity contribution is 7.15. The molecule has 0 saturated carbocycles. The fraction of sp³-hybridized carbons (Fsp3) is 0.0526. The molecule has 2 aromatic carbocycles. The number of fused-ring (bicyclic) bond motifs is 1. The summed E-state index contributed by atoms with van der Waals surface area (Å²) in [6.07, 6.45) is 1.72. The molecular formula is C19H12F3N3O2S. The minimum absolute atomic E-state index is 0.0435. The van der Waals surface area contributed by atoms with Crippen molar-refractivity contribution in [1.82, 2.24) is 9.38 Å². The highest BCUT2D eigenvalue weighted by Crippen LogP contribution is 2.32. The lowest BCUT2D eigenvalue weighted by molar-refractivity contribution is -0.0501. The monoisotopic (exact) mass is 403 g/mol. The third-order valence-electron chi connectivity index (χ3n) is 3.96. The van der Waals surface area contributed by atoms with Crippen LogP contribution < -0.4 is 10.1 Å². The summed E-state index contributed by atoms with van der Waals surface area (Å²) in [7, 11) is 0. The molecule has 0 aliphatic rings. The Hall–Kier alpha value is -3.33. The number of aromatic nitrogens is 2. The van der Waals surface area contributed by atoms with Crippen molar-refractivity contribution in [3.05, 3.63) is 71.5 Å². The van der Waals surface area contributed by atoms with Gasteiger partial charge in [0.15, 0.2) is 4.96 Å². The van der Waals surface area contributed by atoms with Gasteiger partial charge in [-0.15, -0.1) is 11.3 Å². The Balaban J connectivity index is 1.74. The number of hydrogen-bond donors (Lipinski definition) is 1. The van der Waals surface area contributed by atoms with Crippen LogP contribution in [-0.4, -0.2) is 21.9 Å². The lowest BCUT2D eigenvalue weighted by Gasteiger charge is -2.11. The highest BCUT2D eigenvalue weighted by atomic mass is 32.1. The number of rotatable bonds is 5. The van der Waals surface area contributed by atoms with Crippen LogP contribution in [0.4, 0.5) is 19.0 Å². The highest BCUT2D eigenvalue weighted by Gasteiger charge is 2.21. The second kappa shape index (κ2) is 7.35. The molecule has 5 nitrogen and oxygen atoms in total. The van der Waals surface area contributed by atoms with Crippen molar-refractivity contribution >= 4 is 28.0 Å². The predicted octanol–water partition coefficient (Wildman–Crippen LogP) is 5.06. The van der Waals surface area contributed by atoms with Gasteiger partial charge in [-0.3, -0.25) is 9.20 Å². The van der Waals surface area contributed by atoms with Gasteiger partial charge < -0.3 is 10.1 Å². The molecule has 2 aromatic heterocycles. The first-order chi connectivity index (χ1) is 13.5. The van der Waals surface area contributed by atoms with Crippen molar-refractivity contribution in [2.45, 2.75) is 6.61 Å². The summed E-state index contributed by atoms with van der Waals surface area (Å²) in [5.74, 6) is -0.912. The quantitative estimate of drug-likeness (QED) is 0.507. The number of hydrogen-bond acceptors (Lipinski definition) is 4. The number of nitrogens with zero attached hydrogens (tertiary/aromatic N) is 2. The molecule has 0 radical (unpaired) electrons. The van der Waals surface area contributed by atoms with Crippen LogP contribution in [0.25, 0.3) is 16.2 Å². The summed E-state index contributed by atoms with van der Waals surface area (Å²) < 4.78 is 44.6. The maximum Gasteiger partial charge on any atom is 0.387 e. The third kappa shape index (κ3) is 3.44. The van der Waals surface area contributed by atoms with Crippen LogP contribution in [0.1, 0.15) is 10.4 Å². The van der Waals surface area contributed by atoms with Crippen molar-refractivity contribution in [1.29, 1.82) is 0 Å². The van der Waals surface area contributed by atoms with E-state index in [1.165, 1.54) is 41.7 Å². The molecule has 1 amide bonds. The minimum atomic E-state index is -3.05. The van der Waals surface area contributed by atoms with Gasteiger partial charge in [0.25, 0.3) is 5.91 Å². The van der Waals surface area contributed by atoms with Gasteiger partial charge in [0.05, 0.1) is 5.56 Å². The van der Waals surface area contributed by atoms with Crippen molar-refractivity contribution < 1.29 is 22.7 Å². The van der Waals surface area contributed by atoms with Gasteiger partial charge in [0.2, 0.25) is 0 Å². The number of amides is 1. The molecule has 0 atom stereocenters. The summed E-state index contributed by atoms with van der Waals surface area (Å²) in [6, 6.07) is 11.4. The molecule has 0 aliphatic heterocycles. The first-order valence-corrected chi connectivity index (χ1v) is 8.97. The largest absolute Gasteiger partial charge is 0.434 e. The Kier molecular flexibility index (Phi) is 4.74. The van der Waals surface area contributed by atoms with Crippen molar-refractivity contribution in [2.75, 3.05) is 5.32 Å². The summed E-state index contributed by atoms with van der Waals surface area (Å²) >= 11 is 1.36. The first-order valence-electron chi connectivity index (χ1n) is 8.09. The standard InChI is InChI=1S/C19H12F3N3O2S/c20-12-7-5-11(6-8-12)15-16(25-9-10-28-19(25)23-15)24-17(26)13-3-1-2-4-14(13)27-18(21)22/h1-10,18H,(H,24,26). The molecule has 4 rings (SSSR count). The fourth-order valence-corrected chi connectivity index (χ4v) is 3.46. The van der Waals surface area contributed by atoms with Gasteiger partial charge >= 0.3 is 6.61 Å². The van der Waals surface area contributed by atoms with E-state index in [1.54, 1.807) is 34.2 Å². The van der Waals surface area contributed by atoms with E-state index in [4.69, 9.17) is 0 Å². The average Bonchev–Trinajstić information content (AvgIpc) is 3.25. The fourth-order valence-electron chi connectivity index (χ4n) is 2.74. The number of halogens is 3. The molecule has 9 heteroatoms. The number of nitrogens with one attached hydrogen (secondary N) is 1. The number of alkyl halides is 2. The maximum absolute atomic E-state index is 13.3. The zero-order valence-corrected chi connectivity index (χ0v) is 14.9. The van der Waals surface area contributed by atoms with E-state index in [0.29, 0.717) is 22.0 Å². The molecule has 2 heterocycles. The van der Waals surface area contributed by atoms with E-state index in [1.807, 2.05) is 0 Å². The molecule has 142 valence electrons. The molecule has 0 saturated heterocycles. The molecule has 0 bridgehead atoms. The number of anilines is 1. The first kappa shape index (κ1) is 18.1. The lowest BCUT2D eigenvalue weighted by atomic mass is 10.1. The van der Waals surface area contributed by atoms with Crippen LogP contribution >= 0.6 is 11.3 Å². The number of carbonyl (C=O) groups is 1. The maximum atomic E-state index is 13.3. The van der Waals surface area contributed by atoms with E-state index < -0.39 is 18.3 Å². The molecule has 0 aliphatic carbocycles. The van der Waals surface area contributed by atoms with Crippen LogP contribution in [-0.2, 0) is 0 Å². The number of thiazole rings is 1. The Morgan fingerprint density at radius 1 is 1.14 bits per heavy atom. The van der Waals surface area contributed by atoms with Gasteiger partial charge in [-0.05, 0) is 36.4 Å². The van der Waals surface area contributed by atoms with Crippen LogP contribution in [0, 0.1) is 5.82 Å². The normalized spacial score (nSPS) is 11.1. The van der Waals surface area contributed by atoms with E-state index in [0.717, 1.165) is 0 Å². The van der Waals surface area contributed by atoms with Crippen LogP contribution in [0.3, 0.4) is 0 Å². The zero-order valence-electron chi connectivity index (χ0n) is 14.1. The SMILES string of the molecule is O=C(Nc1c(-c2ccc(F)cc2)nc2sccn12)c1ccccc1OC(F)F. The lowest BCUT2D eigenvalue weighted by Crippen LogP contribution is -2.16. The summed E-state index contributed by atoms with van der Waals surface area (Å²) in [6.45, 7) is -3.05. The number of benzene rings is 2. The number of imidazole rings is 1. The van der Waals surface area contributed by atoms with E-state index in [9.17, 15) is 18.0 Å². The van der Waals surface area contributed by atoms with Crippen molar-refractivity contribution in [3.63, 3.8) is 0 Å². The van der Waals surface area contributed by atoms with Crippen LogP contribution in [0.15, 0.2) is 60.1 Å². The van der Waals surface area contributed by atoms with E-state index >= 15 is 0 Å². The predicted molar refractivity (Wildman–Crippen MR) is 99.5 cm³/mol. The molecule has 1 N–H and O–H groups in total. The molecule has 28 heavy (non-hydrogen) atoms. The third-order valence-corrected chi connectivity index (χ3v) is 4.72. The molecule has 0 fully saturated rings. The van der Waals surface area contributed by atoms with Crippen molar-refractivity contribution in [2.24, 2.45) is 0 Å². The Bertz CT molecular complexity index is 1140. The van der Waals surface area contributed by atoms with Gasteiger partial charge in [0.1, 0.15) is 23.1 Å². The summed E-state index contributed by atoms with van der Waals surface area (Å²) in [5.41, 5.74) is 0.996. The Morgan fingerprint density at radius 3 is 2.64 bits per heavy atom. The smallest absolute Gasteiger partial charge is 0.387 e. The van der Waals surface area contributed by atoms with Gasteiger partial charge in [-0.25, -0.2) is 9.37 Å². The zero-order chi connectivity index (χ0) is 19.7. The molecule has 4 aromatic rings. The number of carbonyl (C=O) groups excluding carboxylic acids is 1. The molecule has 0 unspecified atom stereocenters. The Labute approximate surface area is 161 Å². The van der Waals surface area contributed by atoms with Crippen molar-refractivity contribution in [3.8, 4) is 17.0 Å². The van der Waals surface area contributed by atoms with E-state index in [2.05, 4.69) is 15.0 Å². The van der Waals surface area contributed by atoms with Gasteiger partial charge in [-0.2, -0.15) is 8.78 Å². The van der Waals surface area contributed by atoms with Crippen LogP contribution in [0.5, 0.6) is 5.75 Å². The number of ether oxygens (including phenoxy) is 1. The summed E-state index contributed by atoms with van der Waals surface area (Å²) in [4.78, 5) is 17.9. The molecule has 0 spiro atoms. The second-order valence-corrected chi connectivity index (χ2v) is 6.57. The Morgan fingerprint density at radius 2 is 1.89 bits per heavy atom. The van der Waals surface area contributed by atoms with E-state index in [-0.39, 0.29) is 11.3 Å².